The Bertz CT molecular complexity index is 1330. The first-order valence-corrected chi connectivity index (χ1v) is 11.1. The summed E-state index contributed by atoms with van der Waals surface area (Å²) in [5.41, 5.74) is 12.3. The number of benzene rings is 1. The van der Waals surface area contributed by atoms with Crippen molar-refractivity contribution in [3.05, 3.63) is 52.9 Å². The van der Waals surface area contributed by atoms with Crippen molar-refractivity contribution in [2.75, 3.05) is 31.1 Å². The van der Waals surface area contributed by atoms with E-state index in [1.54, 1.807) is 12.3 Å². The lowest BCUT2D eigenvalue weighted by Gasteiger charge is -2.39. The predicted molar refractivity (Wildman–Crippen MR) is 128 cm³/mol. The maximum Gasteiger partial charge on any atom is 0.280 e. The summed E-state index contributed by atoms with van der Waals surface area (Å²) in [7, 11) is 0. The Labute approximate surface area is 199 Å². The third-order valence-corrected chi connectivity index (χ3v) is 6.44. The summed E-state index contributed by atoms with van der Waals surface area (Å²) in [5.74, 6) is -0.461. The summed E-state index contributed by atoms with van der Waals surface area (Å²) in [5, 5.41) is 6.71. The van der Waals surface area contributed by atoms with Gasteiger partial charge in [0, 0.05) is 24.7 Å². The van der Waals surface area contributed by atoms with E-state index in [1.807, 2.05) is 29.2 Å². The monoisotopic (exact) mass is 479 g/mol. The normalized spacial score (nSPS) is 16.9. The molecule has 2 aromatic heterocycles. The minimum atomic E-state index is -0.590. The number of likely N-dealkylation sites (tertiary alicyclic amines) is 1. The number of carbonyl (C=O) groups is 2. The van der Waals surface area contributed by atoms with Crippen LogP contribution in [0.15, 0.2) is 41.5 Å². The first kappa shape index (κ1) is 21.8. The molecule has 2 aliphatic rings. The SMILES string of the molecule is Nc1nc(N)c(C(=O)NC2=NCC3(CCN(C(=O)c4ccnc5ccccc45)CC3)N2)nc1Cl. The Morgan fingerprint density at radius 1 is 1.09 bits per heavy atom. The molecule has 3 aromatic rings. The number of fused-ring (bicyclic) bond motifs is 1. The average molecular weight is 480 g/mol. The molecule has 174 valence electrons. The number of carbonyl (C=O) groups excluding carboxylic acids is 2. The number of halogens is 1. The quantitative estimate of drug-likeness (QED) is 0.425. The lowest BCUT2D eigenvalue weighted by atomic mass is 9.88. The zero-order valence-corrected chi connectivity index (χ0v) is 18.8. The number of nitrogens with one attached hydrogen (secondary N) is 2. The van der Waals surface area contributed by atoms with Crippen molar-refractivity contribution in [2.24, 2.45) is 4.99 Å². The molecule has 0 saturated carbocycles. The summed E-state index contributed by atoms with van der Waals surface area (Å²) in [6, 6.07) is 9.37. The number of pyridine rings is 1. The summed E-state index contributed by atoms with van der Waals surface area (Å²) in [6.07, 6.45) is 3.02. The smallest absolute Gasteiger partial charge is 0.280 e. The number of nitrogen functional groups attached to an aromatic ring is 2. The number of nitrogens with zero attached hydrogens (tertiary/aromatic N) is 5. The van der Waals surface area contributed by atoms with E-state index in [0.717, 1.165) is 10.9 Å². The first-order valence-electron chi connectivity index (χ1n) is 10.7. The number of anilines is 2. The molecule has 4 heterocycles. The number of rotatable bonds is 2. The second kappa shape index (κ2) is 8.41. The summed E-state index contributed by atoms with van der Waals surface area (Å²) in [6.45, 7) is 1.60. The molecular formula is C22H22ClN9O2. The fourth-order valence-electron chi connectivity index (χ4n) is 4.28. The molecule has 12 heteroatoms. The van der Waals surface area contributed by atoms with Crippen molar-refractivity contribution in [1.82, 2.24) is 30.5 Å². The number of hydrogen-bond acceptors (Lipinski definition) is 9. The Balaban J connectivity index is 1.22. The van der Waals surface area contributed by atoms with Gasteiger partial charge >= 0.3 is 0 Å². The highest BCUT2D eigenvalue weighted by atomic mass is 35.5. The van der Waals surface area contributed by atoms with E-state index in [2.05, 4.69) is 30.6 Å². The van der Waals surface area contributed by atoms with E-state index in [9.17, 15) is 9.59 Å². The summed E-state index contributed by atoms with van der Waals surface area (Å²) < 4.78 is 0. The molecule has 11 nitrogen and oxygen atoms in total. The molecule has 0 bridgehead atoms. The summed E-state index contributed by atoms with van der Waals surface area (Å²) >= 11 is 5.86. The molecule has 2 aliphatic heterocycles. The van der Waals surface area contributed by atoms with Crippen LogP contribution in [0, 0.1) is 0 Å². The number of amides is 2. The molecule has 1 saturated heterocycles. The average Bonchev–Trinajstić information content (AvgIpc) is 3.22. The molecule has 1 fully saturated rings. The van der Waals surface area contributed by atoms with Crippen LogP contribution in [0.25, 0.3) is 10.9 Å². The number of hydrogen-bond donors (Lipinski definition) is 4. The standard InChI is InChI=1S/C22H22ClN9O2/c23-16-18(25)29-17(24)15(28-16)19(33)30-21-27-11-22(31-21)6-9-32(10-7-22)20(34)13-5-8-26-14-4-2-1-3-12(13)14/h1-5,8H,6-7,9-11H2,(H4,24,25,29)(H2,27,30,31,33). The third kappa shape index (κ3) is 3.94. The topological polar surface area (TPSA) is 165 Å². The van der Waals surface area contributed by atoms with E-state index in [0.29, 0.717) is 44.0 Å². The van der Waals surface area contributed by atoms with Gasteiger partial charge in [-0.05, 0) is 25.0 Å². The van der Waals surface area contributed by atoms with Gasteiger partial charge in [-0.3, -0.25) is 24.9 Å². The number of nitrogens with two attached hydrogens (primary N) is 2. The van der Waals surface area contributed by atoms with E-state index < -0.39 is 5.91 Å². The van der Waals surface area contributed by atoms with E-state index in [-0.39, 0.29) is 33.9 Å². The van der Waals surface area contributed by atoms with Crippen molar-refractivity contribution >= 4 is 51.9 Å². The predicted octanol–water partition coefficient (Wildman–Crippen LogP) is 1.21. The number of piperidine rings is 1. The molecular weight excluding hydrogens is 458 g/mol. The van der Waals surface area contributed by atoms with Crippen LogP contribution in [0.5, 0.6) is 0 Å². The molecule has 5 rings (SSSR count). The van der Waals surface area contributed by atoms with Crippen molar-refractivity contribution in [1.29, 1.82) is 0 Å². The second-order valence-corrected chi connectivity index (χ2v) is 8.68. The maximum atomic E-state index is 13.2. The molecule has 0 atom stereocenters. The van der Waals surface area contributed by atoms with E-state index in [4.69, 9.17) is 23.1 Å². The highest BCUT2D eigenvalue weighted by Gasteiger charge is 2.40. The number of para-hydroxylation sites is 1. The Kier molecular flexibility index (Phi) is 5.40. The number of guanidine groups is 1. The van der Waals surface area contributed by atoms with E-state index in [1.165, 1.54) is 0 Å². The Hall–Kier alpha value is -3.99. The minimum absolute atomic E-state index is 0.0184. The van der Waals surface area contributed by atoms with Gasteiger partial charge in [-0.1, -0.05) is 29.8 Å². The highest BCUT2D eigenvalue weighted by molar-refractivity contribution is 6.31. The number of aromatic nitrogens is 3. The van der Waals surface area contributed by atoms with Crippen LogP contribution in [-0.2, 0) is 0 Å². The van der Waals surface area contributed by atoms with Crippen molar-refractivity contribution < 1.29 is 9.59 Å². The van der Waals surface area contributed by atoms with Crippen LogP contribution >= 0.6 is 11.6 Å². The zero-order valence-electron chi connectivity index (χ0n) is 18.1. The van der Waals surface area contributed by atoms with E-state index >= 15 is 0 Å². The van der Waals surface area contributed by atoms with Gasteiger partial charge in [-0.25, -0.2) is 9.97 Å². The Morgan fingerprint density at radius 2 is 1.85 bits per heavy atom. The minimum Gasteiger partial charge on any atom is -0.382 e. The Morgan fingerprint density at radius 3 is 2.65 bits per heavy atom. The second-order valence-electron chi connectivity index (χ2n) is 8.33. The van der Waals surface area contributed by atoms with Crippen molar-refractivity contribution in [3.8, 4) is 0 Å². The molecule has 0 unspecified atom stereocenters. The van der Waals surface area contributed by atoms with Gasteiger partial charge in [0.15, 0.2) is 28.4 Å². The van der Waals surface area contributed by atoms with Gasteiger partial charge < -0.3 is 21.7 Å². The van der Waals surface area contributed by atoms with Gasteiger partial charge in [-0.2, -0.15) is 0 Å². The van der Waals surface area contributed by atoms with Crippen molar-refractivity contribution in [3.63, 3.8) is 0 Å². The molecule has 1 spiro atoms. The van der Waals surface area contributed by atoms with Crippen LogP contribution in [0.3, 0.4) is 0 Å². The van der Waals surface area contributed by atoms with Crippen LogP contribution in [0.4, 0.5) is 11.6 Å². The van der Waals surface area contributed by atoms with Gasteiger partial charge in [0.05, 0.1) is 23.2 Å². The van der Waals surface area contributed by atoms with Crippen LogP contribution in [0.2, 0.25) is 5.15 Å². The van der Waals surface area contributed by atoms with Gasteiger partial charge in [-0.15, -0.1) is 0 Å². The highest BCUT2D eigenvalue weighted by Crippen LogP contribution is 2.28. The lowest BCUT2D eigenvalue weighted by Crippen LogP contribution is -2.57. The molecule has 1 aromatic carbocycles. The maximum absolute atomic E-state index is 13.2. The van der Waals surface area contributed by atoms with Gasteiger partial charge in [0.25, 0.3) is 11.8 Å². The van der Waals surface area contributed by atoms with Gasteiger partial charge in [0.2, 0.25) is 0 Å². The van der Waals surface area contributed by atoms with Gasteiger partial charge in [0.1, 0.15) is 0 Å². The van der Waals surface area contributed by atoms with Crippen LogP contribution < -0.4 is 22.1 Å². The zero-order chi connectivity index (χ0) is 23.9. The van der Waals surface area contributed by atoms with Crippen LogP contribution in [0.1, 0.15) is 33.7 Å². The molecule has 6 N–H and O–H groups in total. The van der Waals surface area contributed by atoms with Crippen molar-refractivity contribution in [2.45, 2.75) is 18.4 Å². The lowest BCUT2D eigenvalue weighted by molar-refractivity contribution is 0.0670. The largest absolute Gasteiger partial charge is 0.382 e. The molecule has 0 radical (unpaired) electrons. The molecule has 2 amide bonds. The fraction of sp³-hybridized carbons (Fsp3) is 0.273. The summed E-state index contributed by atoms with van der Waals surface area (Å²) in [4.78, 5) is 44.1. The first-order chi connectivity index (χ1) is 16.3. The number of aliphatic imine (C=N–C) groups is 1. The molecule has 0 aliphatic carbocycles. The molecule has 34 heavy (non-hydrogen) atoms. The fourth-order valence-corrected chi connectivity index (χ4v) is 4.41. The third-order valence-electron chi connectivity index (χ3n) is 6.16. The van der Waals surface area contributed by atoms with Crippen LogP contribution in [-0.4, -0.2) is 62.8 Å².